The summed E-state index contributed by atoms with van der Waals surface area (Å²) in [5.74, 6) is -0.875. The minimum atomic E-state index is -1.69. The van der Waals surface area contributed by atoms with Gasteiger partial charge in [-0.05, 0) is 35.8 Å². The second-order valence-electron chi connectivity index (χ2n) is 10.4. The van der Waals surface area contributed by atoms with Gasteiger partial charge in [0, 0.05) is 20.1 Å². The van der Waals surface area contributed by atoms with Crippen molar-refractivity contribution in [1.29, 1.82) is 0 Å². The largest absolute Gasteiger partial charge is 0.387 e. The molecule has 0 radical (unpaired) electrons. The number of nitrogens with one attached hydrogen (secondary N) is 1. The van der Waals surface area contributed by atoms with Crippen LogP contribution in [0.25, 0.3) is 0 Å². The van der Waals surface area contributed by atoms with Crippen LogP contribution >= 0.6 is 0 Å². The van der Waals surface area contributed by atoms with Gasteiger partial charge in [-0.3, -0.25) is 9.59 Å². The number of aliphatic hydroxyl groups is 3. The maximum atomic E-state index is 13.4. The molecule has 188 valence electrons. The third-order valence-electron chi connectivity index (χ3n) is 6.55. The topological polar surface area (TPSA) is 119 Å². The van der Waals surface area contributed by atoms with Crippen molar-refractivity contribution in [2.45, 2.75) is 83.0 Å². The van der Waals surface area contributed by atoms with E-state index in [0.29, 0.717) is 13.0 Å². The first-order valence-electron chi connectivity index (χ1n) is 12.0. The highest BCUT2D eigenvalue weighted by atomic mass is 16.5. The van der Waals surface area contributed by atoms with Crippen molar-refractivity contribution in [3.63, 3.8) is 0 Å². The van der Waals surface area contributed by atoms with Crippen LogP contribution in [0.1, 0.15) is 57.2 Å². The molecule has 1 unspecified atom stereocenters. The number of piperidine rings is 1. The van der Waals surface area contributed by atoms with E-state index in [0.717, 1.165) is 30.4 Å². The lowest BCUT2D eigenvalue weighted by atomic mass is 9.92. The fourth-order valence-electron chi connectivity index (χ4n) is 4.72. The predicted molar refractivity (Wildman–Crippen MR) is 128 cm³/mol. The van der Waals surface area contributed by atoms with Gasteiger partial charge >= 0.3 is 0 Å². The molecule has 4 N–H and O–H groups in total. The minimum Gasteiger partial charge on any atom is -0.387 e. The molecule has 1 aromatic rings. The molecule has 2 heterocycles. The number of hydrogen-bond donors (Lipinski definition) is 4. The fraction of sp³-hybridized carbons (Fsp3) is 0.615. The molecule has 2 amide bonds. The number of carbonyl (C=O) groups excluding carboxylic acids is 2. The number of benzene rings is 1. The Morgan fingerprint density at radius 2 is 1.88 bits per heavy atom. The lowest BCUT2D eigenvalue weighted by Crippen LogP contribution is -2.56. The minimum absolute atomic E-state index is 0.00487. The summed E-state index contributed by atoms with van der Waals surface area (Å²) in [6.45, 7) is 6.42. The molecule has 1 fully saturated rings. The molecule has 1 saturated heterocycles. The number of allylic oxidation sites excluding steroid dienone is 1. The van der Waals surface area contributed by atoms with Gasteiger partial charge in [-0.25, -0.2) is 0 Å². The molecular formula is C26H38N2O6. The second kappa shape index (κ2) is 11.0. The summed E-state index contributed by atoms with van der Waals surface area (Å²) < 4.78 is 5.19. The molecule has 2 aliphatic heterocycles. The SMILES string of the molecule is CO[C@@H](C(=O)NC1Cc2ccccc2[C@H]2CCCCN2C1=O)[C@H](O)[C@@H](O)[C@H](O)/C=C/C(C)(C)C. The van der Waals surface area contributed by atoms with E-state index in [1.165, 1.54) is 13.2 Å². The lowest BCUT2D eigenvalue weighted by molar-refractivity contribution is -0.152. The summed E-state index contributed by atoms with van der Waals surface area (Å²) in [5.41, 5.74) is 1.89. The van der Waals surface area contributed by atoms with Gasteiger partial charge in [0.05, 0.1) is 6.04 Å². The van der Waals surface area contributed by atoms with Gasteiger partial charge in [0.15, 0.2) is 6.10 Å². The number of carbonyl (C=O) groups is 2. The third kappa shape index (κ3) is 6.05. The van der Waals surface area contributed by atoms with Crippen molar-refractivity contribution in [3.8, 4) is 0 Å². The van der Waals surface area contributed by atoms with E-state index in [1.807, 2.05) is 49.9 Å². The van der Waals surface area contributed by atoms with Crippen molar-refractivity contribution >= 4 is 11.8 Å². The Morgan fingerprint density at radius 3 is 2.56 bits per heavy atom. The van der Waals surface area contributed by atoms with Gasteiger partial charge in [-0.1, -0.05) is 57.2 Å². The van der Waals surface area contributed by atoms with Crippen LogP contribution < -0.4 is 5.32 Å². The smallest absolute Gasteiger partial charge is 0.252 e. The Labute approximate surface area is 201 Å². The van der Waals surface area contributed by atoms with E-state index < -0.39 is 36.4 Å². The first-order valence-corrected chi connectivity index (χ1v) is 12.0. The highest BCUT2D eigenvalue weighted by Crippen LogP contribution is 2.36. The zero-order valence-corrected chi connectivity index (χ0v) is 20.5. The summed E-state index contributed by atoms with van der Waals surface area (Å²) >= 11 is 0. The monoisotopic (exact) mass is 474 g/mol. The van der Waals surface area contributed by atoms with E-state index in [-0.39, 0.29) is 17.4 Å². The number of methoxy groups -OCH3 is 1. The molecule has 2 aliphatic rings. The van der Waals surface area contributed by atoms with Gasteiger partial charge in [-0.2, -0.15) is 0 Å². The molecule has 0 bridgehead atoms. The van der Waals surface area contributed by atoms with E-state index in [1.54, 1.807) is 6.08 Å². The first-order chi connectivity index (χ1) is 16.0. The van der Waals surface area contributed by atoms with Crippen LogP contribution in [-0.2, 0) is 20.7 Å². The van der Waals surface area contributed by atoms with Crippen LogP contribution in [0.3, 0.4) is 0 Å². The zero-order valence-electron chi connectivity index (χ0n) is 20.5. The molecule has 0 saturated carbocycles. The number of nitrogens with zero attached hydrogens (tertiary/aromatic N) is 1. The molecule has 8 heteroatoms. The lowest BCUT2D eigenvalue weighted by Gasteiger charge is -2.36. The Bertz CT molecular complexity index is 896. The van der Waals surface area contributed by atoms with Crippen LogP contribution in [0.4, 0.5) is 0 Å². The molecule has 0 spiro atoms. The van der Waals surface area contributed by atoms with Crippen molar-refractivity contribution < 1.29 is 29.6 Å². The van der Waals surface area contributed by atoms with E-state index >= 15 is 0 Å². The first kappa shape index (κ1) is 26.3. The summed E-state index contributed by atoms with van der Waals surface area (Å²) in [5, 5.41) is 34.1. The Morgan fingerprint density at radius 1 is 1.18 bits per heavy atom. The van der Waals surface area contributed by atoms with Crippen LogP contribution in [-0.4, -0.2) is 76.1 Å². The Kier molecular flexibility index (Phi) is 8.52. The maximum absolute atomic E-state index is 13.4. The number of amides is 2. The van der Waals surface area contributed by atoms with E-state index in [4.69, 9.17) is 4.74 Å². The predicted octanol–water partition coefficient (Wildman–Crippen LogP) is 1.48. The second-order valence-corrected chi connectivity index (χ2v) is 10.4. The molecular weight excluding hydrogens is 436 g/mol. The maximum Gasteiger partial charge on any atom is 0.252 e. The van der Waals surface area contributed by atoms with Crippen molar-refractivity contribution in [2.75, 3.05) is 13.7 Å². The summed E-state index contributed by atoms with van der Waals surface area (Å²) in [7, 11) is 1.24. The Hall–Kier alpha value is -2.26. The standard InChI is InChI=1S/C26H38N2O6/c1-26(2,3)13-12-20(29)21(30)22(31)23(34-4)24(32)27-18-15-16-9-5-6-10-17(16)19-11-7-8-14-28(19)25(18)33/h5-6,9-10,12-13,18-23,29-31H,7-8,11,14-15H2,1-4H3,(H,27,32)/b13-12+/t18?,19-,20-,21+,22-,23-/m1/s1. The molecule has 3 rings (SSSR count). The number of fused-ring (bicyclic) bond motifs is 3. The summed E-state index contributed by atoms with van der Waals surface area (Å²) in [6.07, 6.45) is 0.0862. The highest BCUT2D eigenvalue weighted by Gasteiger charge is 2.40. The summed E-state index contributed by atoms with van der Waals surface area (Å²) in [4.78, 5) is 28.3. The quantitative estimate of drug-likeness (QED) is 0.445. The number of hydrogen-bond acceptors (Lipinski definition) is 6. The zero-order chi connectivity index (χ0) is 25.0. The van der Waals surface area contributed by atoms with Crippen molar-refractivity contribution in [2.24, 2.45) is 5.41 Å². The average Bonchev–Trinajstić information content (AvgIpc) is 2.92. The Balaban J connectivity index is 1.76. The van der Waals surface area contributed by atoms with Gasteiger partial charge in [0.1, 0.15) is 24.4 Å². The number of ether oxygens (including phenoxy) is 1. The normalized spacial score (nSPS) is 24.6. The average molecular weight is 475 g/mol. The van der Waals surface area contributed by atoms with E-state index in [2.05, 4.69) is 5.32 Å². The molecule has 6 atom stereocenters. The van der Waals surface area contributed by atoms with Gasteiger partial charge in [0.2, 0.25) is 5.91 Å². The number of rotatable bonds is 7. The highest BCUT2D eigenvalue weighted by molar-refractivity contribution is 5.90. The molecule has 1 aromatic carbocycles. The van der Waals surface area contributed by atoms with Crippen LogP contribution in [0, 0.1) is 5.41 Å². The molecule has 8 nitrogen and oxygen atoms in total. The fourth-order valence-corrected chi connectivity index (χ4v) is 4.72. The molecule has 0 aromatic heterocycles. The van der Waals surface area contributed by atoms with Crippen LogP contribution in [0.15, 0.2) is 36.4 Å². The number of aliphatic hydroxyl groups excluding tert-OH is 3. The van der Waals surface area contributed by atoms with Crippen molar-refractivity contribution in [1.82, 2.24) is 10.2 Å². The van der Waals surface area contributed by atoms with Gasteiger partial charge < -0.3 is 30.3 Å². The van der Waals surface area contributed by atoms with Gasteiger partial charge in [0.25, 0.3) is 5.91 Å². The molecule has 34 heavy (non-hydrogen) atoms. The van der Waals surface area contributed by atoms with Crippen LogP contribution in [0.2, 0.25) is 0 Å². The van der Waals surface area contributed by atoms with Crippen molar-refractivity contribution in [3.05, 3.63) is 47.5 Å². The van der Waals surface area contributed by atoms with E-state index in [9.17, 15) is 24.9 Å². The van der Waals surface area contributed by atoms with Crippen LogP contribution in [0.5, 0.6) is 0 Å². The third-order valence-corrected chi connectivity index (χ3v) is 6.55. The summed E-state index contributed by atoms with van der Waals surface area (Å²) in [6, 6.07) is 7.09. The van der Waals surface area contributed by atoms with Gasteiger partial charge in [-0.15, -0.1) is 0 Å². The molecule has 0 aliphatic carbocycles.